The highest BCUT2D eigenvalue weighted by Gasteiger charge is 2.25. The standard InChI is InChI=1S/C10H18N2O2/c1-3-4-10(14)12-6-5-9(7-12)11-8(2)13/h9H,3-7H2,1-2H3,(H,11,13). The highest BCUT2D eigenvalue weighted by molar-refractivity contribution is 5.77. The van der Waals surface area contributed by atoms with Gasteiger partial charge in [-0.2, -0.15) is 0 Å². The van der Waals surface area contributed by atoms with E-state index in [2.05, 4.69) is 5.32 Å². The summed E-state index contributed by atoms with van der Waals surface area (Å²) in [7, 11) is 0. The van der Waals surface area contributed by atoms with Crippen molar-refractivity contribution in [2.45, 2.75) is 39.2 Å². The molecule has 1 aliphatic heterocycles. The Morgan fingerprint density at radius 2 is 2.21 bits per heavy atom. The van der Waals surface area contributed by atoms with Crippen molar-refractivity contribution >= 4 is 11.8 Å². The minimum Gasteiger partial charge on any atom is -0.352 e. The molecule has 0 spiro atoms. The number of hydrogen-bond acceptors (Lipinski definition) is 2. The van der Waals surface area contributed by atoms with Gasteiger partial charge < -0.3 is 10.2 Å². The Kier molecular flexibility index (Phi) is 3.92. The molecule has 2 amide bonds. The first-order valence-electron chi connectivity index (χ1n) is 5.18. The quantitative estimate of drug-likeness (QED) is 0.719. The molecule has 1 N–H and O–H groups in total. The first kappa shape index (κ1) is 11.0. The van der Waals surface area contributed by atoms with Crippen molar-refractivity contribution in [1.82, 2.24) is 10.2 Å². The minimum absolute atomic E-state index is 0.0141. The second kappa shape index (κ2) is 4.98. The molecule has 1 unspecified atom stereocenters. The summed E-state index contributed by atoms with van der Waals surface area (Å²) >= 11 is 0. The molecule has 0 bridgehead atoms. The summed E-state index contributed by atoms with van der Waals surface area (Å²) in [6, 6.07) is 0.160. The second-order valence-electron chi connectivity index (χ2n) is 3.78. The summed E-state index contributed by atoms with van der Waals surface area (Å²) in [6.45, 7) is 4.97. The van der Waals surface area contributed by atoms with Crippen molar-refractivity contribution in [3.63, 3.8) is 0 Å². The largest absolute Gasteiger partial charge is 0.352 e. The third-order valence-electron chi connectivity index (χ3n) is 2.41. The molecular weight excluding hydrogens is 180 g/mol. The van der Waals surface area contributed by atoms with Gasteiger partial charge in [-0.25, -0.2) is 0 Å². The van der Waals surface area contributed by atoms with Crippen LogP contribution in [0.2, 0.25) is 0 Å². The number of carbonyl (C=O) groups is 2. The van der Waals surface area contributed by atoms with Gasteiger partial charge >= 0.3 is 0 Å². The summed E-state index contributed by atoms with van der Waals surface area (Å²) < 4.78 is 0. The SMILES string of the molecule is CCCC(=O)N1CCC(NC(C)=O)C1. The summed E-state index contributed by atoms with van der Waals surface area (Å²) in [4.78, 5) is 24.1. The maximum atomic E-state index is 11.5. The Balaban J connectivity index is 2.33. The van der Waals surface area contributed by atoms with Crippen LogP contribution in [0, 0.1) is 0 Å². The average molecular weight is 198 g/mol. The van der Waals surface area contributed by atoms with Crippen molar-refractivity contribution in [2.24, 2.45) is 0 Å². The van der Waals surface area contributed by atoms with Gasteiger partial charge in [0.1, 0.15) is 0 Å². The molecule has 1 rings (SSSR count). The van der Waals surface area contributed by atoms with E-state index in [1.807, 2.05) is 11.8 Å². The Bertz CT molecular complexity index is 228. The first-order chi connectivity index (χ1) is 6.63. The molecule has 0 radical (unpaired) electrons. The van der Waals surface area contributed by atoms with Gasteiger partial charge in [0.2, 0.25) is 11.8 Å². The zero-order valence-corrected chi connectivity index (χ0v) is 8.88. The first-order valence-corrected chi connectivity index (χ1v) is 5.18. The van der Waals surface area contributed by atoms with Crippen LogP contribution in [0.3, 0.4) is 0 Å². The van der Waals surface area contributed by atoms with Gasteiger partial charge in [0.25, 0.3) is 0 Å². The third-order valence-corrected chi connectivity index (χ3v) is 2.41. The minimum atomic E-state index is -0.0141. The fourth-order valence-electron chi connectivity index (χ4n) is 1.76. The fraction of sp³-hybridized carbons (Fsp3) is 0.800. The Labute approximate surface area is 84.7 Å². The molecule has 0 aromatic rings. The number of carbonyl (C=O) groups excluding carboxylic acids is 2. The molecule has 4 nitrogen and oxygen atoms in total. The highest BCUT2D eigenvalue weighted by Crippen LogP contribution is 2.10. The lowest BCUT2D eigenvalue weighted by molar-refractivity contribution is -0.130. The summed E-state index contributed by atoms with van der Waals surface area (Å²) in [5, 5.41) is 2.84. The molecule has 1 saturated heterocycles. The summed E-state index contributed by atoms with van der Waals surface area (Å²) in [5.74, 6) is 0.195. The lowest BCUT2D eigenvalue weighted by Gasteiger charge is -2.16. The zero-order valence-electron chi connectivity index (χ0n) is 8.88. The number of nitrogens with zero attached hydrogens (tertiary/aromatic N) is 1. The molecule has 0 saturated carbocycles. The number of likely N-dealkylation sites (tertiary alicyclic amines) is 1. The van der Waals surface area contributed by atoms with Gasteiger partial charge in [-0.15, -0.1) is 0 Å². The van der Waals surface area contributed by atoms with E-state index in [9.17, 15) is 9.59 Å². The second-order valence-corrected chi connectivity index (χ2v) is 3.78. The van der Waals surface area contributed by atoms with E-state index in [1.165, 1.54) is 6.92 Å². The van der Waals surface area contributed by atoms with Crippen molar-refractivity contribution in [1.29, 1.82) is 0 Å². The van der Waals surface area contributed by atoms with E-state index >= 15 is 0 Å². The molecule has 1 fully saturated rings. The predicted octanol–water partition coefficient (Wildman–Crippen LogP) is 0.524. The predicted molar refractivity (Wildman–Crippen MR) is 53.7 cm³/mol. The fourth-order valence-corrected chi connectivity index (χ4v) is 1.76. The van der Waals surface area contributed by atoms with E-state index in [0.29, 0.717) is 13.0 Å². The Hall–Kier alpha value is -1.06. The van der Waals surface area contributed by atoms with Crippen LogP contribution in [-0.2, 0) is 9.59 Å². The molecule has 1 heterocycles. The van der Waals surface area contributed by atoms with Gasteiger partial charge in [-0.05, 0) is 12.8 Å². The molecule has 0 aromatic heterocycles. The van der Waals surface area contributed by atoms with Crippen LogP contribution < -0.4 is 5.32 Å². The smallest absolute Gasteiger partial charge is 0.222 e. The van der Waals surface area contributed by atoms with Crippen LogP contribution in [-0.4, -0.2) is 35.8 Å². The molecule has 0 aromatic carbocycles. The van der Waals surface area contributed by atoms with Gasteiger partial charge in [-0.1, -0.05) is 6.92 Å². The molecule has 14 heavy (non-hydrogen) atoms. The van der Waals surface area contributed by atoms with Crippen molar-refractivity contribution in [2.75, 3.05) is 13.1 Å². The molecule has 4 heteroatoms. The van der Waals surface area contributed by atoms with Crippen LogP contribution in [0.1, 0.15) is 33.1 Å². The third kappa shape index (κ3) is 3.01. The van der Waals surface area contributed by atoms with E-state index in [0.717, 1.165) is 19.4 Å². The van der Waals surface area contributed by atoms with Gasteiger partial charge in [-0.3, -0.25) is 9.59 Å². The summed E-state index contributed by atoms with van der Waals surface area (Å²) in [6.07, 6.45) is 2.39. The van der Waals surface area contributed by atoms with Gasteiger partial charge in [0.05, 0.1) is 0 Å². The number of nitrogens with one attached hydrogen (secondary N) is 1. The maximum Gasteiger partial charge on any atom is 0.222 e. The van der Waals surface area contributed by atoms with E-state index in [1.54, 1.807) is 0 Å². The lowest BCUT2D eigenvalue weighted by Crippen LogP contribution is -2.37. The van der Waals surface area contributed by atoms with Crippen LogP contribution in [0.25, 0.3) is 0 Å². The van der Waals surface area contributed by atoms with Crippen molar-refractivity contribution in [3.05, 3.63) is 0 Å². The van der Waals surface area contributed by atoms with Gasteiger partial charge in [0.15, 0.2) is 0 Å². The summed E-state index contributed by atoms with van der Waals surface area (Å²) in [5.41, 5.74) is 0. The monoisotopic (exact) mass is 198 g/mol. The molecule has 1 atom stereocenters. The number of amides is 2. The average Bonchev–Trinajstić information content (AvgIpc) is 2.52. The molecule has 80 valence electrons. The number of hydrogen-bond donors (Lipinski definition) is 1. The zero-order chi connectivity index (χ0) is 10.6. The Morgan fingerprint density at radius 3 is 2.79 bits per heavy atom. The highest BCUT2D eigenvalue weighted by atomic mass is 16.2. The van der Waals surface area contributed by atoms with Crippen LogP contribution in [0.15, 0.2) is 0 Å². The lowest BCUT2D eigenvalue weighted by atomic mass is 10.2. The number of rotatable bonds is 3. The molecule has 1 aliphatic rings. The van der Waals surface area contributed by atoms with E-state index in [4.69, 9.17) is 0 Å². The maximum absolute atomic E-state index is 11.5. The van der Waals surface area contributed by atoms with E-state index in [-0.39, 0.29) is 17.9 Å². The van der Waals surface area contributed by atoms with Crippen molar-refractivity contribution < 1.29 is 9.59 Å². The Morgan fingerprint density at radius 1 is 1.50 bits per heavy atom. The molecular formula is C10H18N2O2. The molecule has 0 aliphatic carbocycles. The van der Waals surface area contributed by atoms with E-state index < -0.39 is 0 Å². The normalized spacial score (nSPS) is 21.0. The van der Waals surface area contributed by atoms with Crippen molar-refractivity contribution in [3.8, 4) is 0 Å². The topological polar surface area (TPSA) is 49.4 Å². The van der Waals surface area contributed by atoms with Crippen LogP contribution in [0.5, 0.6) is 0 Å². The van der Waals surface area contributed by atoms with Crippen LogP contribution >= 0.6 is 0 Å². The van der Waals surface area contributed by atoms with Gasteiger partial charge in [0, 0.05) is 32.5 Å². The van der Waals surface area contributed by atoms with Crippen LogP contribution in [0.4, 0.5) is 0 Å².